The van der Waals surface area contributed by atoms with Gasteiger partial charge >= 0.3 is 5.97 Å². The number of allylic oxidation sites excluding steroid dienone is 1. The number of esters is 1. The van der Waals surface area contributed by atoms with Crippen molar-refractivity contribution in [3.8, 4) is 17.2 Å². The highest BCUT2D eigenvalue weighted by Gasteiger charge is 2.46. The first-order valence-electron chi connectivity index (χ1n) is 11.8. The van der Waals surface area contributed by atoms with E-state index in [0.717, 1.165) is 16.8 Å². The average Bonchev–Trinajstić information content (AvgIpc) is 2.87. The Balaban J connectivity index is 1.79. The zero-order valence-corrected chi connectivity index (χ0v) is 20.8. The Morgan fingerprint density at radius 1 is 0.971 bits per heavy atom. The molecule has 2 aromatic rings. The van der Waals surface area contributed by atoms with Crippen LogP contribution < -0.4 is 14.2 Å². The maximum absolute atomic E-state index is 13.8. The molecular formula is C28H31NO6. The van der Waals surface area contributed by atoms with Crippen LogP contribution in [0.1, 0.15) is 49.7 Å². The topological polar surface area (TPSA) is 83.4 Å². The maximum Gasteiger partial charge on any atom is 0.336 e. The zero-order chi connectivity index (χ0) is 25.1. The molecule has 0 aromatic heterocycles. The number of hydrogen-bond acceptors (Lipinski definition) is 7. The van der Waals surface area contributed by atoms with Gasteiger partial charge in [-0.05, 0) is 49.9 Å². The number of ether oxygens (including phenoxy) is 4. The van der Waals surface area contributed by atoms with E-state index in [1.807, 2.05) is 49.4 Å². The van der Waals surface area contributed by atoms with Gasteiger partial charge in [-0.25, -0.2) is 4.79 Å². The van der Waals surface area contributed by atoms with Crippen molar-refractivity contribution >= 4 is 17.5 Å². The van der Waals surface area contributed by atoms with Gasteiger partial charge in [0, 0.05) is 29.3 Å². The van der Waals surface area contributed by atoms with E-state index in [0.29, 0.717) is 48.0 Å². The summed E-state index contributed by atoms with van der Waals surface area (Å²) in [5.74, 6) is 0.370. The molecule has 3 atom stereocenters. The van der Waals surface area contributed by atoms with Crippen LogP contribution in [0.2, 0.25) is 0 Å². The number of fused-ring (bicyclic) bond motifs is 1. The number of carbonyl (C=O) groups is 2. The van der Waals surface area contributed by atoms with Gasteiger partial charge in [0.25, 0.3) is 0 Å². The highest BCUT2D eigenvalue weighted by Crippen LogP contribution is 2.48. The van der Waals surface area contributed by atoms with E-state index in [4.69, 9.17) is 23.9 Å². The fraction of sp³-hybridized carbons (Fsp3) is 0.393. The molecule has 184 valence electrons. The number of nitrogens with zero attached hydrogens (tertiary/aromatic N) is 1. The van der Waals surface area contributed by atoms with E-state index in [9.17, 15) is 9.59 Å². The number of Topliss-reactive ketones (excluding diaryl/α,β-unsaturated/α-hetero) is 1. The Kier molecular flexibility index (Phi) is 7.24. The summed E-state index contributed by atoms with van der Waals surface area (Å²) < 4.78 is 21.8. The van der Waals surface area contributed by atoms with Gasteiger partial charge in [-0.2, -0.15) is 0 Å². The van der Waals surface area contributed by atoms with Crippen LogP contribution in [0.3, 0.4) is 0 Å². The molecule has 7 nitrogen and oxygen atoms in total. The normalized spacial score (nSPS) is 21.7. The third-order valence-electron chi connectivity index (χ3n) is 6.79. The van der Waals surface area contributed by atoms with E-state index in [1.54, 1.807) is 21.1 Å². The summed E-state index contributed by atoms with van der Waals surface area (Å²) in [5.41, 5.74) is 3.54. The Bertz CT molecular complexity index is 1200. The highest BCUT2D eigenvalue weighted by molar-refractivity contribution is 6.12. The van der Waals surface area contributed by atoms with Crippen LogP contribution in [0, 0.1) is 5.92 Å². The molecule has 1 aliphatic heterocycles. The highest BCUT2D eigenvalue weighted by atomic mass is 16.5. The monoisotopic (exact) mass is 477 g/mol. The third-order valence-corrected chi connectivity index (χ3v) is 6.79. The summed E-state index contributed by atoms with van der Waals surface area (Å²) in [7, 11) is 4.54. The molecule has 2 aliphatic rings. The lowest BCUT2D eigenvalue weighted by Gasteiger charge is -2.38. The second-order valence-corrected chi connectivity index (χ2v) is 8.71. The van der Waals surface area contributed by atoms with Crippen molar-refractivity contribution in [2.45, 2.75) is 38.5 Å². The van der Waals surface area contributed by atoms with E-state index < -0.39 is 17.8 Å². The largest absolute Gasteiger partial charge is 0.494 e. The molecule has 1 fully saturated rings. The van der Waals surface area contributed by atoms with Crippen molar-refractivity contribution in [3.05, 3.63) is 64.9 Å². The van der Waals surface area contributed by atoms with Gasteiger partial charge in [0.05, 0.1) is 39.4 Å². The minimum absolute atomic E-state index is 0.0417. The van der Waals surface area contributed by atoms with Crippen molar-refractivity contribution < 1.29 is 28.5 Å². The molecule has 0 N–H and O–H groups in total. The van der Waals surface area contributed by atoms with Gasteiger partial charge in [0.15, 0.2) is 11.5 Å². The standard InChI is InChI=1S/C28H31NO6/c1-6-35-22-10-8-7-9-19(22)26-25(28(31)34-5)16(2)29-20-13-18(14-21(30)27(20)26)17-11-12-23(32-3)24(15-17)33-4/h7-12,15,18,26-27H,6,13-14H2,1-5H3/t18-,26-,27?/m0/s1. The molecule has 35 heavy (non-hydrogen) atoms. The van der Waals surface area contributed by atoms with Crippen molar-refractivity contribution in [2.75, 3.05) is 27.9 Å². The minimum Gasteiger partial charge on any atom is -0.494 e. The molecule has 0 radical (unpaired) electrons. The summed E-state index contributed by atoms with van der Waals surface area (Å²) >= 11 is 0. The molecule has 1 aliphatic carbocycles. The Morgan fingerprint density at radius 2 is 1.71 bits per heavy atom. The number of para-hydroxylation sites is 1. The lowest BCUT2D eigenvalue weighted by atomic mass is 9.66. The van der Waals surface area contributed by atoms with Crippen molar-refractivity contribution in [3.63, 3.8) is 0 Å². The molecular weight excluding hydrogens is 446 g/mol. The number of rotatable bonds is 7. The molecule has 0 bridgehead atoms. The number of hydrogen-bond donors (Lipinski definition) is 0. The van der Waals surface area contributed by atoms with Crippen molar-refractivity contribution in [1.29, 1.82) is 0 Å². The fourth-order valence-corrected chi connectivity index (χ4v) is 5.25. The molecule has 0 saturated heterocycles. The van der Waals surface area contributed by atoms with Crippen LogP contribution in [-0.4, -0.2) is 45.4 Å². The first-order chi connectivity index (χ1) is 16.9. The van der Waals surface area contributed by atoms with Crippen molar-refractivity contribution in [1.82, 2.24) is 0 Å². The number of methoxy groups -OCH3 is 3. The molecule has 1 saturated carbocycles. The van der Waals surface area contributed by atoms with E-state index in [1.165, 1.54) is 7.11 Å². The lowest BCUT2D eigenvalue weighted by Crippen LogP contribution is -2.41. The molecule has 1 unspecified atom stereocenters. The number of carbonyl (C=O) groups excluding carboxylic acids is 2. The first kappa shape index (κ1) is 24.5. The van der Waals surface area contributed by atoms with Crippen LogP contribution in [0.15, 0.2) is 58.7 Å². The summed E-state index contributed by atoms with van der Waals surface area (Å²) in [6, 6.07) is 13.3. The summed E-state index contributed by atoms with van der Waals surface area (Å²) in [6.45, 7) is 4.18. The molecule has 1 heterocycles. The predicted octanol–water partition coefficient (Wildman–Crippen LogP) is 4.85. The van der Waals surface area contributed by atoms with Crippen molar-refractivity contribution in [2.24, 2.45) is 10.9 Å². The summed E-state index contributed by atoms with van der Waals surface area (Å²) in [6.07, 6.45) is 0.935. The molecule has 4 rings (SSSR count). The lowest BCUT2D eigenvalue weighted by molar-refractivity contribution is -0.136. The molecule has 0 amide bonds. The summed E-state index contributed by atoms with van der Waals surface area (Å²) in [5, 5.41) is 0. The zero-order valence-electron chi connectivity index (χ0n) is 20.8. The SMILES string of the molecule is CCOc1ccccc1[C@H]1C(C(=O)OC)=C(C)N=C2C[C@H](c3ccc(OC)c(OC)c3)CC(=O)C21. The van der Waals surface area contributed by atoms with Crippen LogP contribution >= 0.6 is 0 Å². The number of ketones is 1. The second kappa shape index (κ2) is 10.3. The second-order valence-electron chi connectivity index (χ2n) is 8.71. The Hall–Kier alpha value is -3.61. The number of aliphatic imine (C=N–C) groups is 1. The van der Waals surface area contributed by atoms with E-state index >= 15 is 0 Å². The first-order valence-corrected chi connectivity index (χ1v) is 11.8. The smallest absolute Gasteiger partial charge is 0.336 e. The average molecular weight is 478 g/mol. The van der Waals surface area contributed by atoms with Gasteiger partial charge < -0.3 is 18.9 Å². The predicted molar refractivity (Wildman–Crippen MR) is 133 cm³/mol. The Labute approximate surface area is 205 Å². The molecule has 2 aromatic carbocycles. The van der Waals surface area contributed by atoms with E-state index in [2.05, 4.69) is 0 Å². The van der Waals surface area contributed by atoms with Crippen LogP contribution in [0.4, 0.5) is 0 Å². The van der Waals surface area contributed by atoms with Gasteiger partial charge in [-0.3, -0.25) is 9.79 Å². The van der Waals surface area contributed by atoms with Crippen LogP contribution in [0.5, 0.6) is 17.2 Å². The maximum atomic E-state index is 13.8. The molecule has 0 spiro atoms. The fourth-order valence-electron chi connectivity index (χ4n) is 5.25. The van der Waals surface area contributed by atoms with Gasteiger partial charge in [-0.15, -0.1) is 0 Å². The Morgan fingerprint density at radius 3 is 2.40 bits per heavy atom. The van der Waals surface area contributed by atoms with Gasteiger partial charge in [0.2, 0.25) is 0 Å². The van der Waals surface area contributed by atoms with Crippen LogP contribution in [-0.2, 0) is 14.3 Å². The molecule has 7 heteroatoms. The third kappa shape index (κ3) is 4.55. The number of benzene rings is 2. The van der Waals surface area contributed by atoms with Crippen LogP contribution in [0.25, 0.3) is 0 Å². The van der Waals surface area contributed by atoms with Gasteiger partial charge in [0.1, 0.15) is 11.5 Å². The van der Waals surface area contributed by atoms with E-state index in [-0.39, 0.29) is 11.7 Å². The summed E-state index contributed by atoms with van der Waals surface area (Å²) in [4.78, 5) is 31.4. The quantitative estimate of drug-likeness (QED) is 0.530. The van der Waals surface area contributed by atoms with Gasteiger partial charge in [-0.1, -0.05) is 24.3 Å². The minimum atomic E-state index is -0.550.